The van der Waals surface area contributed by atoms with Crippen LogP contribution in [0.3, 0.4) is 0 Å². The standard InChI is InChI=1S/C15H18O/c16-15(10-3-4-11-15)14-9-5-7-12-6-1-2-8-13(12)14/h1-2,6,8-9,16H,3-5,7,10-11H2. The molecule has 0 heterocycles. The summed E-state index contributed by atoms with van der Waals surface area (Å²) in [6, 6.07) is 8.54. The third-order valence-corrected chi connectivity index (χ3v) is 4.00. The molecule has 3 rings (SSSR count). The first-order valence-corrected chi connectivity index (χ1v) is 6.31. The van der Waals surface area contributed by atoms with Gasteiger partial charge in [-0.2, -0.15) is 0 Å². The van der Waals surface area contributed by atoms with Gasteiger partial charge in [0.25, 0.3) is 0 Å². The van der Waals surface area contributed by atoms with Crippen molar-refractivity contribution >= 4 is 5.57 Å². The molecule has 1 saturated carbocycles. The van der Waals surface area contributed by atoms with Crippen molar-refractivity contribution in [3.8, 4) is 0 Å². The molecule has 16 heavy (non-hydrogen) atoms. The van der Waals surface area contributed by atoms with Crippen LogP contribution in [0.1, 0.15) is 43.2 Å². The highest BCUT2D eigenvalue weighted by Gasteiger charge is 2.36. The van der Waals surface area contributed by atoms with Gasteiger partial charge in [-0.25, -0.2) is 0 Å². The molecule has 0 saturated heterocycles. The third-order valence-electron chi connectivity index (χ3n) is 4.00. The second kappa shape index (κ2) is 3.74. The predicted molar refractivity (Wildman–Crippen MR) is 66.2 cm³/mol. The van der Waals surface area contributed by atoms with E-state index in [1.807, 2.05) is 0 Å². The highest BCUT2D eigenvalue weighted by atomic mass is 16.3. The van der Waals surface area contributed by atoms with Gasteiger partial charge in [0, 0.05) is 0 Å². The molecular formula is C15H18O. The molecule has 0 aromatic heterocycles. The van der Waals surface area contributed by atoms with E-state index in [4.69, 9.17) is 0 Å². The number of hydrogen-bond donors (Lipinski definition) is 1. The van der Waals surface area contributed by atoms with Gasteiger partial charge in [-0.1, -0.05) is 43.2 Å². The largest absolute Gasteiger partial charge is 0.385 e. The summed E-state index contributed by atoms with van der Waals surface area (Å²) in [5, 5.41) is 10.7. The lowest BCUT2D eigenvalue weighted by atomic mass is 9.80. The van der Waals surface area contributed by atoms with Crippen molar-refractivity contribution < 1.29 is 5.11 Å². The van der Waals surface area contributed by atoms with Crippen LogP contribution >= 0.6 is 0 Å². The summed E-state index contributed by atoms with van der Waals surface area (Å²) in [6.07, 6.45) is 8.66. The molecule has 0 amide bonds. The lowest BCUT2D eigenvalue weighted by molar-refractivity contribution is 0.109. The van der Waals surface area contributed by atoms with Crippen LogP contribution in [-0.4, -0.2) is 10.7 Å². The van der Waals surface area contributed by atoms with Crippen LogP contribution < -0.4 is 0 Å². The fourth-order valence-electron chi connectivity index (χ4n) is 3.15. The highest BCUT2D eigenvalue weighted by molar-refractivity contribution is 5.76. The molecule has 1 fully saturated rings. The Morgan fingerprint density at radius 1 is 1.06 bits per heavy atom. The van der Waals surface area contributed by atoms with Crippen molar-refractivity contribution in [3.63, 3.8) is 0 Å². The fraction of sp³-hybridized carbons (Fsp3) is 0.467. The lowest BCUT2D eigenvalue weighted by Gasteiger charge is -2.30. The molecule has 1 aromatic carbocycles. The summed E-state index contributed by atoms with van der Waals surface area (Å²) in [5.74, 6) is 0. The molecule has 1 aromatic rings. The second-order valence-corrected chi connectivity index (χ2v) is 5.05. The van der Waals surface area contributed by atoms with E-state index in [0.717, 1.165) is 38.5 Å². The van der Waals surface area contributed by atoms with E-state index in [0.29, 0.717) is 0 Å². The maximum Gasteiger partial charge on any atom is 0.0899 e. The van der Waals surface area contributed by atoms with Crippen molar-refractivity contribution in [1.29, 1.82) is 0 Å². The van der Waals surface area contributed by atoms with Crippen LogP contribution in [-0.2, 0) is 6.42 Å². The number of aliphatic hydroxyl groups is 1. The molecule has 0 aliphatic heterocycles. The van der Waals surface area contributed by atoms with Crippen LogP contribution in [0, 0.1) is 0 Å². The number of fused-ring (bicyclic) bond motifs is 1. The van der Waals surface area contributed by atoms with Crippen LogP contribution in [0.15, 0.2) is 30.3 Å². The van der Waals surface area contributed by atoms with Crippen molar-refractivity contribution in [2.75, 3.05) is 0 Å². The molecule has 0 atom stereocenters. The molecule has 1 N–H and O–H groups in total. The van der Waals surface area contributed by atoms with Gasteiger partial charge < -0.3 is 5.11 Å². The summed E-state index contributed by atoms with van der Waals surface area (Å²) >= 11 is 0. The average molecular weight is 214 g/mol. The molecular weight excluding hydrogens is 196 g/mol. The number of hydrogen-bond acceptors (Lipinski definition) is 1. The third kappa shape index (κ3) is 1.51. The normalized spacial score (nSPS) is 22.7. The first kappa shape index (κ1) is 10.1. The Morgan fingerprint density at radius 3 is 2.62 bits per heavy atom. The number of benzene rings is 1. The predicted octanol–water partition coefficient (Wildman–Crippen LogP) is 3.32. The first-order valence-electron chi connectivity index (χ1n) is 6.31. The number of rotatable bonds is 1. The summed E-state index contributed by atoms with van der Waals surface area (Å²) in [4.78, 5) is 0. The van der Waals surface area contributed by atoms with Gasteiger partial charge in [-0.05, 0) is 42.4 Å². The monoisotopic (exact) mass is 214 g/mol. The molecule has 0 bridgehead atoms. The summed E-state index contributed by atoms with van der Waals surface area (Å²) in [5.41, 5.74) is 3.36. The Balaban J connectivity index is 2.05. The van der Waals surface area contributed by atoms with Gasteiger partial charge in [0.2, 0.25) is 0 Å². The Bertz CT molecular complexity index is 425. The van der Waals surface area contributed by atoms with Crippen LogP contribution in [0.5, 0.6) is 0 Å². The average Bonchev–Trinajstić information content (AvgIpc) is 2.77. The van der Waals surface area contributed by atoms with E-state index in [1.54, 1.807) is 0 Å². The molecule has 0 radical (unpaired) electrons. The van der Waals surface area contributed by atoms with Gasteiger partial charge in [-0.3, -0.25) is 0 Å². The minimum atomic E-state index is -0.531. The van der Waals surface area contributed by atoms with Gasteiger partial charge in [0.15, 0.2) is 0 Å². The van der Waals surface area contributed by atoms with Crippen molar-refractivity contribution in [2.45, 2.75) is 44.1 Å². The van der Waals surface area contributed by atoms with E-state index < -0.39 is 5.60 Å². The van der Waals surface area contributed by atoms with Crippen LogP contribution in [0.4, 0.5) is 0 Å². The molecule has 2 aliphatic carbocycles. The minimum Gasteiger partial charge on any atom is -0.385 e. The summed E-state index contributed by atoms with van der Waals surface area (Å²) < 4.78 is 0. The number of aryl methyl sites for hydroxylation is 1. The topological polar surface area (TPSA) is 20.2 Å². The van der Waals surface area contributed by atoms with E-state index in [9.17, 15) is 5.11 Å². The van der Waals surface area contributed by atoms with E-state index >= 15 is 0 Å². The second-order valence-electron chi connectivity index (χ2n) is 5.05. The molecule has 84 valence electrons. The van der Waals surface area contributed by atoms with Crippen LogP contribution in [0.2, 0.25) is 0 Å². The molecule has 1 nitrogen and oxygen atoms in total. The van der Waals surface area contributed by atoms with Crippen molar-refractivity contribution in [2.24, 2.45) is 0 Å². The van der Waals surface area contributed by atoms with Gasteiger partial charge in [0.1, 0.15) is 0 Å². The van der Waals surface area contributed by atoms with Gasteiger partial charge in [0.05, 0.1) is 5.60 Å². The number of allylic oxidation sites excluding steroid dienone is 1. The highest BCUT2D eigenvalue weighted by Crippen LogP contribution is 2.43. The Labute approximate surface area is 96.8 Å². The van der Waals surface area contributed by atoms with E-state index in [1.165, 1.54) is 16.7 Å². The van der Waals surface area contributed by atoms with E-state index in [-0.39, 0.29) is 0 Å². The van der Waals surface area contributed by atoms with Crippen molar-refractivity contribution in [3.05, 3.63) is 41.5 Å². The SMILES string of the molecule is OC1(C2=CCCc3ccccc32)CCCC1. The summed E-state index contributed by atoms with van der Waals surface area (Å²) in [7, 11) is 0. The maximum atomic E-state index is 10.7. The fourth-order valence-corrected chi connectivity index (χ4v) is 3.15. The van der Waals surface area contributed by atoms with E-state index in [2.05, 4.69) is 30.3 Å². The van der Waals surface area contributed by atoms with Gasteiger partial charge in [-0.15, -0.1) is 0 Å². The minimum absolute atomic E-state index is 0.531. The molecule has 0 spiro atoms. The zero-order valence-electron chi connectivity index (χ0n) is 9.58. The maximum absolute atomic E-state index is 10.7. The van der Waals surface area contributed by atoms with Crippen LogP contribution in [0.25, 0.3) is 5.57 Å². The lowest BCUT2D eigenvalue weighted by Crippen LogP contribution is -2.27. The Kier molecular flexibility index (Phi) is 2.36. The molecule has 2 aliphatic rings. The summed E-state index contributed by atoms with van der Waals surface area (Å²) in [6.45, 7) is 0. The quantitative estimate of drug-likeness (QED) is 0.760. The zero-order valence-corrected chi connectivity index (χ0v) is 9.58. The van der Waals surface area contributed by atoms with Gasteiger partial charge >= 0.3 is 0 Å². The van der Waals surface area contributed by atoms with Crippen molar-refractivity contribution in [1.82, 2.24) is 0 Å². The molecule has 0 unspecified atom stereocenters. The molecule has 1 heteroatoms. The zero-order chi connectivity index (χ0) is 11.0. The first-order chi connectivity index (χ1) is 7.80. The smallest absolute Gasteiger partial charge is 0.0899 e. The Morgan fingerprint density at radius 2 is 1.81 bits per heavy atom. The Hall–Kier alpha value is -1.08.